The van der Waals surface area contributed by atoms with Crippen molar-refractivity contribution in [2.45, 2.75) is 19.5 Å². The van der Waals surface area contributed by atoms with E-state index < -0.39 is 0 Å². The maximum Gasteiger partial charge on any atom is 0.146 e. The number of aryl methyl sites for hydroxylation is 1. The topological polar surface area (TPSA) is 42.7 Å². The van der Waals surface area contributed by atoms with Crippen LogP contribution in [0.4, 0.5) is 0 Å². The van der Waals surface area contributed by atoms with Crippen molar-refractivity contribution < 1.29 is 0 Å². The van der Waals surface area contributed by atoms with Crippen LogP contribution in [0.1, 0.15) is 24.4 Å². The van der Waals surface area contributed by atoms with Gasteiger partial charge in [-0.15, -0.1) is 10.2 Å². The first-order valence-electron chi connectivity index (χ1n) is 5.48. The molecule has 2 aromatic rings. The lowest BCUT2D eigenvalue weighted by atomic mass is 10.1. The molecular weight excluding hydrogens is 236 g/mol. The molecule has 1 aromatic heterocycles. The van der Waals surface area contributed by atoms with Crippen LogP contribution in [0.15, 0.2) is 30.6 Å². The van der Waals surface area contributed by atoms with E-state index in [1.54, 1.807) is 6.33 Å². The molecule has 0 bridgehead atoms. The van der Waals surface area contributed by atoms with Gasteiger partial charge in [0.2, 0.25) is 0 Å². The maximum absolute atomic E-state index is 5.96. The highest BCUT2D eigenvalue weighted by Crippen LogP contribution is 2.17. The molecule has 0 unspecified atom stereocenters. The van der Waals surface area contributed by atoms with Crippen molar-refractivity contribution in [3.05, 3.63) is 47.0 Å². The van der Waals surface area contributed by atoms with Gasteiger partial charge in [-0.25, -0.2) is 0 Å². The molecule has 1 atom stereocenters. The Morgan fingerprint density at radius 1 is 1.47 bits per heavy atom. The Labute approximate surface area is 106 Å². The average molecular weight is 251 g/mol. The summed E-state index contributed by atoms with van der Waals surface area (Å²) in [7, 11) is 1.93. The highest BCUT2D eigenvalue weighted by atomic mass is 35.5. The molecule has 0 spiro atoms. The fourth-order valence-electron chi connectivity index (χ4n) is 1.61. The number of nitrogens with zero attached hydrogens (tertiary/aromatic N) is 3. The number of hydrogen-bond acceptors (Lipinski definition) is 3. The van der Waals surface area contributed by atoms with E-state index in [2.05, 4.69) is 28.5 Å². The summed E-state index contributed by atoms with van der Waals surface area (Å²) in [5.74, 6) is 0.916. The third-order valence-corrected chi connectivity index (χ3v) is 2.96. The third-order valence-electron chi connectivity index (χ3n) is 2.72. The van der Waals surface area contributed by atoms with Crippen LogP contribution in [0.5, 0.6) is 0 Å². The van der Waals surface area contributed by atoms with E-state index in [9.17, 15) is 0 Å². The van der Waals surface area contributed by atoms with Gasteiger partial charge in [0.1, 0.15) is 12.2 Å². The second-order valence-corrected chi connectivity index (χ2v) is 4.45. The van der Waals surface area contributed by atoms with E-state index in [0.29, 0.717) is 6.54 Å². The lowest BCUT2D eigenvalue weighted by Crippen LogP contribution is -2.20. The van der Waals surface area contributed by atoms with Crippen molar-refractivity contribution >= 4 is 11.6 Å². The highest BCUT2D eigenvalue weighted by Gasteiger charge is 2.07. The molecule has 0 aliphatic heterocycles. The van der Waals surface area contributed by atoms with Crippen LogP contribution in [0.2, 0.25) is 5.02 Å². The van der Waals surface area contributed by atoms with E-state index in [-0.39, 0.29) is 6.04 Å². The van der Waals surface area contributed by atoms with Gasteiger partial charge in [0.25, 0.3) is 0 Å². The second-order valence-electron chi connectivity index (χ2n) is 4.02. The molecule has 1 heterocycles. The number of benzene rings is 1. The molecule has 0 aliphatic rings. The standard InChI is InChI=1S/C12H15ClN4/c1-9(10-4-3-5-11(13)6-10)14-7-12-16-15-8-17(12)2/h3-6,8-9,14H,7H2,1-2H3/t9-/m1/s1. The van der Waals surface area contributed by atoms with E-state index in [1.807, 2.05) is 29.8 Å². The van der Waals surface area contributed by atoms with Gasteiger partial charge in [-0.2, -0.15) is 0 Å². The Morgan fingerprint density at radius 3 is 2.94 bits per heavy atom. The summed E-state index contributed by atoms with van der Waals surface area (Å²) < 4.78 is 1.90. The summed E-state index contributed by atoms with van der Waals surface area (Å²) in [6.45, 7) is 2.78. The third kappa shape index (κ3) is 3.05. The quantitative estimate of drug-likeness (QED) is 0.906. The molecule has 0 saturated heterocycles. The molecule has 0 fully saturated rings. The predicted molar refractivity (Wildman–Crippen MR) is 67.7 cm³/mol. The Bertz CT molecular complexity index is 495. The zero-order chi connectivity index (χ0) is 12.3. The molecular formula is C12H15ClN4. The fraction of sp³-hybridized carbons (Fsp3) is 0.333. The monoisotopic (exact) mass is 250 g/mol. The Balaban J connectivity index is 1.98. The van der Waals surface area contributed by atoms with E-state index in [1.165, 1.54) is 5.56 Å². The van der Waals surface area contributed by atoms with Crippen molar-refractivity contribution in [2.75, 3.05) is 0 Å². The fourth-order valence-corrected chi connectivity index (χ4v) is 1.80. The van der Waals surface area contributed by atoms with Crippen molar-refractivity contribution in [3.8, 4) is 0 Å². The average Bonchev–Trinajstić information content (AvgIpc) is 2.72. The zero-order valence-electron chi connectivity index (χ0n) is 9.89. The summed E-state index contributed by atoms with van der Waals surface area (Å²) >= 11 is 5.96. The van der Waals surface area contributed by atoms with Crippen LogP contribution in [-0.2, 0) is 13.6 Å². The molecule has 17 heavy (non-hydrogen) atoms. The van der Waals surface area contributed by atoms with Crippen LogP contribution < -0.4 is 5.32 Å². The van der Waals surface area contributed by atoms with Crippen molar-refractivity contribution in [3.63, 3.8) is 0 Å². The maximum atomic E-state index is 5.96. The summed E-state index contributed by atoms with van der Waals surface area (Å²) in [5.41, 5.74) is 1.17. The van der Waals surface area contributed by atoms with Gasteiger partial charge in [0.05, 0.1) is 6.54 Å². The van der Waals surface area contributed by atoms with Crippen LogP contribution in [0, 0.1) is 0 Å². The van der Waals surface area contributed by atoms with Gasteiger partial charge < -0.3 is 9.88 Å². The normalized spacial score (nSPS) is 12.6. The molecule has 0 saturated carbocycles. The molecule has 0 aliphatic carbocycles. The van der Waals surface area contributed by atoms with Crippen LogP contribution in [0.25, 0.3) is 0 Å². The van der Waals surface area contributed by atoms with Gasteiger partial charge in [-0.1, -0.05) is 23.7 Å². The first kappa shape index (κ1) is 12.1. The van der Waals surface area contributed by atoms with Gasteiger partial charge in [-0.3, -0.25) is 0 Å². The molecule has 0 radical (unpaired) electrons. The van der Waals surface area contributed by atoms with Crippen LogP contribution in [-0.4, -0.2) is 14.8 Å². The van der Waals surface area contributed by atoms with Gasteiger partial charge in [0.15, 0.2) is 0 Å². The largest absolute Gasteiger partial charge is 0.320 e. The SMILES string of the molecule is C[C@@H](NCc1nncn1C)c1cccc(Cl)c1. The predicted octanol–water partition coefficient (Wildman–Crippen LogP) is 2.32. The van der Waals surface area contributed by atoms with E-state index >= 15 is 0 Å². The minimum Gasteiger partial charge on any atom is -0.320 e. The van der Waals surface area contributed by atoms with Gasteiger partial charge >= 0.3 is 0 Å². The lowest BCUT2D eigenvalue weighted by molar-refractivity contribution is 0.548. The Hall–Kier alpha value is -1.39. The first-order valence-corrected chi connectivity index (χ1v) is 5.86. The summed E-state index contributed by atoms with van der Waals surface area (Å²) in [6, 6.07) is 8.08. The second kappa shape index (κ2) is 5.29. The summed E-state index contributed by atoms with van der Waals surface area (Å²) in [5, 5.41) is 12.0. The molecule has 5 heteroatoms. The zero-order valence-corrected chi connectivity index (χ0v) is 10.6. The number of hydrogen-bond donors (Lipinski definition) is 1. The highest BCUT2D eigenvalue weighted by molar-refractivity contribution is 6.30. The van der Waals surface area contributed by atoms with Gasteiger partial charge in [-0.05, 0) is 24.6 Å². The molecule has 1 N–H and O–H groups in total. The molecule has 2 rings (SSSR count). The van der Waals surface area contributed by atoms with Crippen molar-refractivity contribution in [1.82, 2.24) is 20.1 Å². The molecule has 90 valence electrons. The minimum atomic E-state index is 0.227. The van der Waals surface area contributed by atoms with Crippen molar-refractivity contribution in [1.29, 1.82) is 0 Å². The van der Waals surface area contributed by atoms with Crippen LogP contribution >= 0.6 is 11.6 Å². The number of halogens is 1. The van der Waals surface area contributed by atoms with E-state index in [0.717, 1.165) is 10.8 Å². The first-order chi connectivity index (χ1) is 8.16. The van der Waals surface area contributed by atoms with E-state index in [4.69, 9.17) is 11.6 Å². The molecule has 0 amide bonds. The number of nitrogens with one attached hydrogen (secondary N) is 1. The Kier molecular flexibility index (Phi) is 3.76. The molecule has 1 aromatic carbocycles. The summed E-state index contributed by atoms with van der Waals surface area (Å²) in [4.78, 5) is 0. The lowest BCUT2D eigenvalue weighted by Gasteiger charge is -2.13. The van der Waals surface area contributed by atoms with Gasteiger partial charge in [0, 0.05) is 18.1 Å². The smallest absolute Gasteiger partial charge is 0.146 e. The number of aromatic nitrogens is 3. The van der Waals surface area contributed by atoms with Crippen LogP contribution in [0.3, 0.4) is 0 Å². The number of rotatable bonds is 4. The van der Waals surface area contributed by atoms with Crippen molar-refractivity contribution in [2.24, 2.45) is 7.05 Å². The molecule has 4 nitrogen and oxygen atoms in total. The summed E-state index contributed by atoms with van der Waals surface area (Å²) in [6.07, 6.45) is 1.70. The Morgan fingerprint density at radius 2 is 2.29 bits per heavy atom. The minimum absolute atomic E-state index is 0.227.